The number of thiazole rings is 1. The van der Waals surface area contributed by atoms with Crippen LogP contribution in [0.4, 0.5) is 5.82 Å². The van der Waals surface area contributed by atoms with E-state index in [0.717, 1.165) is 85.2 Å². The van der Waals surface area contributed by atoms with Gasteiger partial charge in [-0.05, 0) is 57.7 Å². The number of aromatic nitrogens is 2. The van der Waals surface area contributed by atoms with Crippen LogP contribution in [0.15, 0.2) is 24.4 Å². The zero-order valence-corrected chi connectivity index (χ0v) is 19.2. The number of anilines is 1. The lowest BCUT2D eigenvalue weighted by Gasteiger charge is -2.32. The van der Waals surface area contributed by atoms with Crippen molar-refractivity contribution in [1.82, 2.24) is 19.2 Å². The first kappa shape index (κ1) is 21.3. The predicted molar refractivity (Wildman–Crippen MR) is 126 cm³/mol. The molecule has 0 radical (unpaired) electrons. The number of benzene rings is 1. The van der Waals surface area contributed by atoms with Crippen LogP contribution in [0, 0.1) is 0 Å². The molecule has 0 bridgehead atoms. The van der Waals surface area contributed by atoms with Gasteiger partial charge in [0.15, 0.2) is 10.7 Å². The van der Waals surface area contributed by atoms with Crippen molar-refractivity contribution in [3.63, 3.8) is 0 Å². The zero-order chi connectivity index (χ0) is 21.1. The van der Waals surface area contributed by atoms with Crippen LogP contribution in [-0.2, 0) is 0 Å². The highest BCUT2D eigenvalue weighted by Crippen LogP contribution is 2.30. The number of likely N-dealkylation sites (N-methyl/N-ethyl adjacent to an activating group) is 1. The van der Waals surface area contributed by atoms with E-state index in [4.69, 9.17) is 4.98 Å². The summed E-state index contributed by atoms with van der Waals surface area (Å²) in [4.78, 5) is 25.7. The Bertz CT molecular complexity index is 998. The average Bonchev–Trinajstić information content (AvgIpc) is 3.31. The van der Waals surface area contributed by atoms with Gasteiger partial charge in [-0.25, -0.2) is 4.98 Å². The van der Waals surface area contributed by atoms with Crippen LogP contribution in [0.25, 0.3) is 15.2 Å². The van der Waals surface area contributed by atoms with Crippen LogP contribution >= 0.6 is 11.3 Å². The standard InChI is InChI=1S/C23H33N5OS/c1-4-26(5-2)11-7-6-8-20(29)18-9-10-19-21(16-18)30-23-24-22(17-28(19)23)27-14-12-25(3)13-15-27/h9-10,16-17H,4-8,11-15H2,1-3H3. The molecule has 0 amide bonds. The summed E-state index contributed by atoms with van der Waals surface area (Å²) < 4.78 is 3.31. The molecule has 0 aliphatic carbocycles. The first-order chi connectivity index (χ1) is 14.6. The molecule has 1 aromatic carbocycles. The number of carbonyl (C=O) groups excluding carboxylic acids is 1. The van der Waals surface area contributed by atoms with E-state index in [-0.39, 0.29) is 5.78 Å². The van der Waals surface area contributed by atoms with Gasteiger partial charge in [0.1, 0.15) is 5.82 Å². The molecule has 0 atom stereocenters. The third kappa shape index (κ3) is 4.53. The highest BCUT2D eigenvalue weighted by Gasteiger charge is 2.19. The lowest BCUT2D eigenvalue weighted by Crippen LogP contribution is -2.44. The molecule has 0 spiro atoms. The van der Waals surface area contributed by atoms with Crippen molar-refractivity contribution in [2.24, 2.45) is 0 Å². The highest BCUT2D eigenvalue weighted by molar-refractivity contribution is 7.23. The second kappa shape index (κ2) is 9.45. The molecule has 2 aromatic heterocycles. The summed E-state index contributed by atoms with van der Waals surface area (Å²) in [5, 5.41) is 0. The second-order valence-electron chi connectivity index (χ2n) is 8.23. The fraction of sp³-hybridized carbons (Fsp3) is 0.565. The molecule has 1 saturated heterocycles. The Morgan fingerprint density at radius 1 is 1.13 bits per heavy atom. The molecule has 1 aliphatic rings. The first-order valence-electron chi connectivity index (χ1n) is 11.2. The van der Waals surface area contributed by atoms with E-state index in [0.29, 0.717) is 6.42 Å². The average molecular weight is 428 g/mol. The number of carbonyl (C=O) groups is 1. The van der Waals surface area contributed by atoms with Gasteiger partial charge in [0.05, 0.1) is 16.4 Å². The van der Waals surface area contributed by atoms with Crippen molar-refractivity contribution in [2.45, 2.75) is 33.1 Å². The van der Waals surface area contributed by atoms with Crippen molar-refractivity contribution in [1.29, 1.82) is 0 Å². The molecule has 1 fully saturated rings. The van der Waals surface area contributed by atoms with Crippen LogP contribution in [-0.4, -0.2) is 77.8 Å². The van der Waals surface area contributed by atoms with Crippen LogP contribution in [0.2, 0.25) is 0 Å². The minimum absolute atomic E-state index is 0.251. The van der Waals surface area contributed by atoms with Gasteiger partial charge in [-0.1, -0.05) is 25.2 Å². The van der Waals surface area contributed by atoms with E-state index in [9.17, 15) is 4.79 Å². The van der Waals surface area contributed by atoms with Gasteiger partial charge in [0, 0.05) is 38.2 Å². The van der Waals surface area contributed by atoms with Gasteiger partial charge in [-0.15, -0.1) is 0 Å². The van der Waals surface area contributed by atoms with E-state index in [2.05, 4.69) is 58.3 Å². The Hall–Kier alpha value is -1.96. The molecule has 7 heteroatoms. The summed E-state index contributed by atoms with van der Waals surface area (Å²) in [5.41, 5.74) is 1.97. The zero-order valence-electron chi connectivity index (χ0n) is 18.4. The predicted octanol–water partition coefficient (Wildman–Crippen LogP) is 4.00. The largest absolute Gasteiger partial charge is 0.353 e. The lowest BCUT2D eigenvalue weighted by atomic mass is 10.1. The normalized spacial score (nSPS) is 15.7. The second-order valence-corrected chi connectivity index (χ2v) is 9.24. The fourth-order valence-electron chi connectivity index (χ4n) is 4.16. The van der Waals surface area contributed by atoms with E-state index in [1.165, 1.54) is 0 Å². The summed E-state index contributed by atoms with van der Waals surface area (Å²) >= 11 is 1.67. The van der Waals surface area contributed by atoms with Crippen molar-refractivity contribution in [2.75, 3.05) is 57.8 Å². The minimum atomic E-state index is 0.251. The number of imidazole rings is 1. The van der Waals surface area contributed by atoms with Gasteiger partial charge in [0.2, 0.25) is 0 Å². The summed E-state index contributed by atoms with van der Waals surface area (Å²) in [7, 11) is 2.17. The monoisotopic (exact) mass is 427 g/mol. The Morgan fingerprint density at radius 3 is 2.63 bits per heavy atom. The molecule has 0 unspecified atom stereocenters. The summed E-state index contributed by atoms with van der Waals surface area (Å²) in [6.07, 6.45) is 4.81. The van der Waals surface area contributed by atoms with Gasteiger partial charge in [0.25, 0.3) is 0 Å². The minimum Gasteiger partial charge on any atom is -0.353 e. The number of ketones is 1. The van der Waals surface area contributed by atoms with Crippen molar-refractivity contribution < 1.29 is 4.79 Å². The summed E-state index contributed by atoms with van der Waals surface area (Å²) in [6.45, 7) is 11.8. The Labute approximate surface area is 183 Å². The number of unbranched alkanes of at least 4 members (excludes halogenated alkanes) is 1. The van der Waals surface area contributed by atoms with Gasteiger partial charge in [-0.3, -0.25) is 9.20 Å². The smallest absolute Gasteiger partial charge is 0.196 e. The SMILES string of the molecule is CCN(CC)CCCCC(=O)c1ccc2c(c1)sc1nc(N3CCN(C)CC3)cn12. The van der Waals surface area contributed by atoms with Crippen LogP contribution in [0.5, 0.6) is 0 Å². The van der Waals surface area contributed by atoms with Gasteiger partial charge in [-0.2, -0.15) is 0 Å². The number of Topliss-reactive ketones (excluding diaryl/α,β-unsaturated/α-hetero) is 1. The summed E-state index contributed by atoms with van der Waals surface area (Å²) in [6, 6.07) is 6.12. The van der Waals surface area contributed by atoms with E-state index < -0.39 is 0 Å². The van der Waals surface area contributed by atoms with Crippen LogP contribution in [0.1, 0.15) is 43.5 Å². The van der Waals surface area contributed by atoms with E-state index in [1.807, 2.05) is 6.07 Å². The maximum Gasteiger partial charge on any atom is 0.196 e. The Balaban J connectivity index is 1.42. The third-order valence-corrected chi connectivity index (χ3v) is 7.27. The van der Waals surface area contributed by atoms with E-state index in [1.54, 1.807) is 11.3 Å². The number of hydrogen-bond donors (Lipinski definition) is 0. The molecule has 3 aromatic rings. The summed E-state index contributed by atoms with van der Waals surface area (Å²) in [5.74, 6) is 1.31. The molecular weight excluding hydrogens is 394 g/mol. The van der Waals surface area contributed by atoms with Gasteiger partial charge >= 0.3 is 0 Å². The molecular formula is C23H33N5OS. The Kier molecular flexibility index (Phi) is 6.71. The molecule has 162 valence electrons. The highest BCUT2D eigenvalue weighted by atomic mass is 32.1. The fourth-order valence-corrected chi connectivity index (χ4v) is 5.20. The van der Waals surface area contributed by atoms with Gasteiger partial charge < -0.3 is 14.7 Å². The molecule has 0 saturated carbocycles. The van der Waals surface area contributed by atoms with Crippen molar-refractivity contribution in [3.8, 4) is 0 Å². The molecule has 3 heterocycles. The quantitative estimate of drug-likeness (QED) is 0.382. The third-order valence-electron chi connectivity index (χ3n) is 6.25. The number of piperazine rings is 1. The lowest BCUT2D eigenvalue weighted by molar-refractivity contribution is 0.0978. The van der Waals surface area contributed by atoms with Crippen LogP contribution in [0.3, 0.4) is 0 Å². The molecule has 4 rings (SSSR count). The number of hydrogen-bond acceptors (Lipinski definition) is 6. The maximum absolute atomic E-state index is 12.7. The van der Waals surface area contributed by atoms with Crippen molar-refractivity contribution in [3.05, 3.63) is 30.0 Å². The number of nitrogens with zero attached hydrogens (tertiary/aromatic N) is 5. The topological polar surface area (TPSA) is 44.1 Å². The van der Waals surface area contributed by atoms with Crippen molar-refractivity contribution >= 4 is 38.1 Å². The molecule has 0 N–H and O–H groups in total. The molecule has 30 heavy (non-hydrogen) atoms. The van der Waals surface area contributed by atoms with Crippen LogP contribution < -0.4 is 4.90 Å². The number of fused-ring (bicyclic) bond motifs is 3. The number of rotatable bonds is 9. The Morgan fingerprint density at radius 2 is 1.90 bits per heavy atom. The molecule has 1 aliphatic heterocycles. The maximum atomic E-state index is 12.7. The van der Waals surface area contributed by atoms with E-state index >= 15 is 0 Å². The first-order valence-corrected chi connectivity index (χ1v) is 12.0. The molecule has 6 nitrogen and oxygen atoms in total.